The third-order valence-corrected chi connectivity index (χ3v) is 9.72. The largest absolute Gasteiger partial charge is 0.469 e. The van der Waals surface area contributed by atoms with Crippen LogP contribution in [-0.4, -0.2) is 63.5 Å². The van der Waals surface area contributed by atoms with Crippen molar-refractivity contribution in [2.24, 2.45) is 5.92 Å². The van der Waals surface area contributed by atoms with Gasteiger partial charge in [-0.1, -0.05) is 185 Å². The third-order valence-electron chi connectivity index (χ3n) is 9.24. The van der Waals surface area contributed by atoms with Crippen molar-refractivity contribution in [3.63, 3.8) is 0 Å². The van der Waals surface area contributed by atoms with Crippen molar-refractivity contribution in [3.8, 4) is 0 Å². The van der Waals surface area contributed by atoms with Crippen LogP contribution >= 0.6 is 7.82 Å². The van der Waals surface area contributed by atoms with Crippen molar-refractivity contribution in [1.29, 1.82) is 0 Å². The van der Waals surface area contributed by atoms with Gasteiger partial charge in [0, 0.05) is 12.8 Å². The molecule has 10 nitrogen and oxygen atoms in total. The Morgan fingerprint density at radius 3 is 1.53 bits per heavy atom. The van der Waals surface area contributed by atoms with Gasteiger partial charge in [-0.15, -0.1) is 0 Å². The quantitative estimate of drug-likeness (QED) is 0.0205. The maximum absolute atomic E-state index is 12.4. The Balaban J connectivity index is 4.12. The minimum atomic E-state index is -4.81. The maximum atomic E-state index is 12.4. The molecule has 0 aromatic rings. The molecule has 11 heteroatoms. The molecule has 320 valence electrons. The van der Waals surface area contributed by atoms with Crippen molar-refractivity contribution >= 4 is 19.8 Å². The first-order valence-electron chi connectivity index (χ1n) is 21.5. The first kappa shape index (κ1) is 52.9. The molecule has 0 saturated heterocycles. The number of hydrogen-bond donors (Lipinski definition) is 4. The Morgan fingerprint density at radius 2 is 1.04 bits per heavy atom. The standard InChI is InChI=1S/C44H79O10P/c1-4-5-24-31-40(45)32-26-21-17-15-18-22-27-33-41(46)34-29-36-43(47)52-37-42(38-53-55(49,50)51)54-44(48)35-28-23-19-14-12-10-8-6-7-9-11-13-16-20-25-30-39(2)3/h17-18,21-22,26-27,32-33,39-42,45-46H,4-16,19-20,23-25,28-31,34-38H2,1-3H3,(H2,49,50,51)/b21-17-,22-18-,32-26+,33-27+/t40-,41-,42+/m0/s1. The van der Waals surface area contributed by atoms with E-state index >= 15 is 0 Å². The summed E-state index contributed by atoms with van der Waals surface area (Å²) in [6.07, 6.45) is 37.6. The average molecular weight is 799 g/mol. The zero-order valence-corrected chi connectivity index (χ0v) is 35.6. The van der Waals surface area contributed by atoms with Gasteiger partial charge in [-0.25, -0.2) is 4.57 Å². The molecule has 3 atom stereocenters. The predicted octanol–water partition coefficient (Wildman–Crippen LogP) is 10.9. The van der Waals surface area contributed by atoms with Gasteiger partial charge in [0.15, 0.2) is 6.10 Å². The summed E-state index contributed by atoms with van der Waals surface area (Å²) in [7, 11) is -4.81. The van der Waals surface area contributed by atoms with Crippen LogP contribution in [0.3, 0.4) is 0 Å². The number of phosphoric ester groups is 1. The molecule has 0 rings (SSSR count). The van der Waals surface area contributed by atoms with E-state index in [1.165, 1.54) is 77.0 Å². The summed E-state index contributed by atoms with van der Waals surface area (Å²) in [6, 6.07) is 0. The Kier molecular flexibility index (Phi) is 36.1. The number of ether oxygens (including phenoxy) is 2. The average Bonchev–Trinajstić information content (AvgIpc) is 3.12. The lowest BCUT2D eigenvalue weighted by Gasteiger charge is -2.18. The number of carbonyl (C=O) groups is 2. The highest BCUT2D eigenvalue weighted by atomic mass is 31.2. The SMILES string of the molecule is CCCCC[C@H](O)/C=C/C=C\C/C=C\C=C\[C@H](O)CCCC(=O)OC[C@H](COP(=O)(O)O)OC(=O)CCCCCCCCCCCCCCCCCC(C)C. The monoisotopic (exact) mass is 799 g/mol. The lowest BCUT2D eigenvalue weighted by Crippen LogP contribution is -2.29. The van der Waals surface area contributed by atoms with E-state index in [-0.39, 0.29) is 19.4 Å². The van der Waals surface area contributed by atoms with Gasteiger partial charge in [-0.05, 0) is 38.0 Å². The molecule has 0 heterocycles. The van der Waals surface area contributed by atoms with Crippen LogP contribution in [0.4, 0.5) is 0 Å². The lowest BCUT2D eigenvalue weighted by atomic mass is 10.0. The number of esters is 2. The van der Waals surface area contributed by atoms with Gasteiger partial charge in [0.2, 0.25) is 0 Å². The minimum Gasteiger partial charge on any atom is -0.462 e. The smallest absolute Gasteiger partial charge is 0.462 e. The number of aliphatic hydroxyl groups is 2. The van der Waals surface area contributed by atoms with Crippen LogP contribution < -0.4 is 0 Å². The summed E-state index contributed by atoms with van der Waals surface area (Å²) in [6.45, 7) is 5.74. The van der Waals surface area contributed by atoms with E-state index in [9.17, 15) is 24.4 Å². The number of rotatable bonds is 38. The second-order valence-electron chi connectivity index (χ2n) is 15.2. The van der Waals surface area contributed by atoms with Crippen LogP contribution in [0.1, 0.15) is 181 Å². The molecule has 0 spiro atoms. The lowest BCUT2D eigenvalue weighted by molar-refractivity contribution is -0.161. The summed E-state index contributed by atoms with van der Waals surface area (Å²) in [5.41, 5.74) is 0. The van der Waals surface area contributed by atoms with E-state index in [2.05, 4.69) is 25.3 Å². The Hall–Kier alpha value is -2.07. The first-order valence-corrected chi connectivity index (χ1v) is 23.0. The van der Waals surface area contributed by atoms with Crippen LogP contribution in [0.2, 0.25) is 0 Å². The molecule has 0 aromatic carbocycles. The van der Waals surface area contributed by atoms with E-state index in [4.69, 9.17) is 19.3 Å². The number of hydrogen-bond acceptors (Lipinski definition) is 8. The van der Waals surface area contributed by atoms with Crippen molar-refractivity contribution in [2.45, 2.75) is 200 Å². The fourth-order valence-corrected chi connectivity index (χ4v) is 6.31. The summed E-state index contributed by atoms with van der Waals surface area (Å²) in [5.74, 6) is -0.286. The summed E-state index contributed by atoms with van der Waals surface area (Å²) in [4.78, 5) is 42.9. The molecule has 0 aliphatic carbocycles. The van der Waals surface area contributed by atoms with Gasteiger partial charge < -0.3 is 29.5 Å². The third kappa shape index (κ3) is 41.4. The molecule has 55 heavy (non-hydrogen) atoms. The van der Waals surface area contributed by atoms with Gasteiger partial charge in [-0.3, -0.25) is 14.1 Å². The highest BCUT2D eigenvalue weighted by Gasteiger charge is 2.23. The summed E-state index contributed by atoms with van der Waals surface area (Å²) in [5, 5.41) is 20.0. The number of carbonyl (C=O) groups excluding carboxylic acids is 2. The number of phosphoric acid groups is 1. The van der Waals surface area contributed by atoms with E-state index in [1.807, 2.05) is 30.4 Å². The summed E-state index contributed by atoms with van der Waals surface area (Å²) < 4.78 is 26.3. The molecule has 0 fully saturated rings. The molecular formula is C44H79O10P. The molecular weight excluding hydrogens is 719 g/mol. The van der Waals surface area contributed by atoms with Crippen LogP contribution in [-0.2, 0) is 28.2 Å². The summed E-state index contributed by atoms with van der Waals surface area (Å²) >= 11 is 0. The van der Waals surface area contributed by atoms with Gasteiger partial charge >= 0.3 is 19.8 Å². The number of allylic oxidation sites excluding steroid dienone is 6. The first-order chi connectivity index (χ1) is 26.4. The van der Waals surface area contributed by atoms with Crippen LogP contribution in [0.15, 0.2) is 48.6 Å². The van der Waals surface area contributed by atoms with Crippen molar-refractivity contribution in [2.75, 3.05) is 13.2 Å². The van der Waals surface area contributed by atoms with E-state index in [0.29, 0.717) is 25.7 Å². The fraction of sp³-hybridized carbons (Fsp3) is 0.773. The second-order valence-corrected chi connectivity index (χ2v) is 16.4. The van der Waals surface area contributed by atoms with E-state index < -0.39 is 44.7 Å². The zero-order chi connectivity index (χ0) is 40.8. The molecule has 0 unspecified atom stereocenters. The normalized spacial score (nSPS) is 14.2. The second kappa shape index (κ2) is 37.5. The highest BCUT2D eigenvalue weighted by molar-refractivity contribution is 7.46. The maximum Gasteiger partial charge on any atom is 0.469 e. The van der Waals surface area contributed by atoms with Crippen molar-refractivity contribution < 1.29 is 48.2 Å². The molecule has 4 N–H and O–H groups in total. The Morgan fingerprint density at radius 1 is 0.582 bits per heavy atom. The van der Waals surface area contributed by atoms with E-state index in [1.54, 1.807) is 18.2 Å². The molecule has 0 aliphatic rings. The van der Waals surface area contributed by atoms with Crippen molar-refractivity contribution in [1.82, 2.24) is 0 Å². The van der Waals surface area contributed by atoms with Crippen LogP contribution in [0, 0.1) is 5.92 Å². The molecule has 0 saturated carbocycles. The number of unbranched alkanes of at least 4 members (excludes halogenated alkanes) is 16. The fourth-order valence-electron chi connectivity index (χ4n) is 5.95. The van der Waals surface area contributed by atoms with Crippen molar-refractivity contribution in [3.05, 3.63) is 48.6 Å². The minimum absolute atomic E-state index is 0.0190. The molecule has 0 aromatic heterocycles. The van der Waals surface area contributed by atoms with Gasteiger partial charge in [0.25, 0.3) is 0 Å². The highest BCUT2D eigenvalue weighted by Crippen LogP contribution is 2.36. The Labute approximate surface area is 334 Å². The predicted molar refractivity (Wildman–Crippen MR) is 223 cm³/mol. The van der Waals surface area contributed by atoms with Crippen LogP contribution in [0.5, 0.6) is 0 Å². The van der Waals surface area contributed by atoms with Gasteiger partial charge in [0.05, 0.1) is 18.8 Å². The van der Waals surface area contributed by atoms with Crippen LogP contribution in [0.25, 0.3) is 0 Å². The van der Waals surface area contributed by atoms with Gasteiger partial charge in [-0.2, -0.15) is 0 Å². The zero-order valence-electron chi connectivity index (χ0n) is 34.7. The topological polar surface area (TPSA) is 160 Å². The number of aliphatic hydroxyl groups excluding tert-OH is 2. The molecule has 0 bridgehead atoms. The van der Waals surface area contributed by atoms with Gasteiger partial charge in [0.1, 0.15) is 6.61 Å². The Bertz CT molecular complexity index is 1080. The molecule has 0 aliphatic heterocycles. The molecule has 0 radical (unpaired) electrons. The van der Waals surface area contributed by atoms with E-state index in [0.717, 1.165) is 50.9 Å². The molecule has 0 amide bonds.